The fraction of sp³-hybridized carbons (Fsp3) is 0.429. The van der Waals surface area contributed by atoms with Crippen molar-refractivity contribution in [1.29, 1.82) is 0 Å². The maximum atomic E-state index is 11.8. The van der Waals surface area contributed by atoms with E-state index in [1.54, 1.807) is 24.2 Å². The zero-order valence-corrected chi connectivity index (χ0v) is 11.5. The quantitative estimate of drug-likeness (QED) is 0.834. The van der Waals surface area contributed by atoms with E-state index in [2.05, 4.69) is 37.7 Å². The van der Waals surface area contributed by atoms with Crippen LogP contribution in [0.4, 0.5) is 10.6 Å². The molecule has 0 aliphatic rings. The standard InChI is InChI=1S/C14H21N3O/c1-6-9-17(5)13(18)16-12-10-11(7-8-15-12)14(2,3)4/h6-8,10H,1,9H2,2-5H3,(H,15,16,18). The smallest absolute Gasteiger partial charge is 0.323 e. The molecule has 1 aromatic rings. The minimum Gasteiger partial charge on any atom is -0.324 e. The van der Waals surface area contributed by atoms with Crippen molar-refractivity contribution >= 4 is 11.8 Å². The third-order valence-electron chi connectivity index (χ3n) is 2.61. The van der Waals surface area contributed by atoms with E-state index < -0.39 is 0 Å². The van der Waals surface area contributed by atoms with Crippen LogP contribution in [-0.4, -0.2) is 29.5 Å². The van der Waals surface area contributed by atoms with E-state index >= 15 is 0 Å². The Balaban J connectivity index is 2.80. The number of hydrogen-bond donors (Lipinski definition) is 1. The van der Waals surface area contributed by atoms with Crippen molar-refractivity contribution in [2.75, 3.05) is 18.9 Å². The van der Waals surface area contributed by atoms with Crippen LogP contribution in [0.3, 0.4) is 0 Å². The van der Waals surface area contributed by atoms with Crippen LogP contribution in [0.1, 0.15) is 26.3 Å². The molecule has 1 rings (SSSR count). The number of carbonyl (C=O) groups is 1. The number of nitrogens with one attached hydrogen (secondary N) is 1. The molecule has 0 aliphatic heterocycles. The minimum absolute atomic E-state index is 0.0371. The summed E-state index contributed by atoms with van der Waals surface area (Å²) >= 11 is 0. The van der Waals surface area contributed by atoms with Crippen molar-refractivity contribution in [3.8, 4) is 0 Å². The molecule has 0 spiro atoms. The molecule has 0 unspecified atom stereocenters. The first-order chi connectivity index (χ1) is 8.34. The summed E-state index contributed by atoms with van der Waals surface area (Å²) in [5, 5.41) is 2.77. The molecule has 0 aromatic carbocycles. The summed E-state index contributed by atoms with van der Waals surface area (Å²) in [6.07, 6.45) is 3.39. The highest BCUT2D eigenvalue weighted by Gasteiger charge is 2.15. The second-order valence-electron chi connectivity index (χ2n) is 5.28. The van der Waals surface area contributed by atoms with Crippen LogP contribution < -0.4 is 5.32 Å². The fourth-order valence-corrected chi connectivity index (χ4v) is 1.45. The van der Waals surface area contributed by atoms with Gasteiger partial charge in [-0.05, 0) is 23.1 Å². The molecular formula is C14H21N3O. The van der Waals surface area contributed by atoms with Gasteiger partial charge in [0.2, 0.25) is 0 Å². The van der Waals surface area contributed by atoms with Gasteiger partial charge in [0.1, 0.15) is 5.82 Å². The van der Waals surface area contributed by atoms with E-state index in [4.69, 9.17) is 0 Å². The van der Waals surface area contributed by atoms with Gasteiger partial charge < -0.3 is 4.90 Å². The second-order valence-corrected chi connectivity index (χ2v) is 5.28. The highest BCUT2D eigenvalue weighted by atomic mass is 16.2. The summed E-state index contributed by atoms with van der Waals surface area (Å²) in [5.74, 6) is 0.573. The van der Waals surface area contributed by atoms with Crippen LogP contribution in [0.2, 0.25) is 0 Å². The molecule has 0 radical (unpaired) electrons. The van der Waals surface area contributed by atoms with Gasteiger partial charge in [-0.15, -0.1) is 6.58 Å². The lowest BCUT2D eigenvalue weighted by Gasteiger charge is -2.20. The van der Waals surface area contributed by atoms with E-state index in [0.29, 0.717) is 12.4 Å². The topological polar surface area (TPSA) is 45.2 Å². The SMILES string of the molecule is C=CCN(C)C(=O)Nc1cc(C(C)(C)C)ccn1. The van der Waals surface area contributed by atoms with Crippen LogP contribution in [0.15, 0.2) is 31.0 Å². The first kappa shape index (κ1) is 14.2. The highest BCUT2D eigenvalue weighted by Crippen LogP contribution is 2.23. The Morgan fingerprint density at radius 3 is 2.78 bits per heavy atom. The van der Waals surface area contributed by atoms with Crippen molar-refractivity contribution in [2.24, 2.45) is 0 Å². The van der Waals surface area contributed by atoms with Gasteiger partial charge in [0.05, 0.1) is 0 Å². The van der Waals surface area contributed by atoms with E-state index in [1.165, 1.54) is 0 Å². The largest absolute Gasteiger partial charge is 0.324 e. The average Bonchev–Trinajstić information content (AvgIpc) is 2.28. The molecule has 4 nitrogen and oxygen atoms in total. The Morgan fingerprint density at radius 1 is 1.56 bits per heavy atom. The van der Waals surface area contributed by atoms with Gasteiger partial charge in [-0.25, -0.2) is 9.78 Å². The van der Waals surface area contributed by atoms with Crippen LogP contribution in [-0.2, 0) is 5.41 Å². The molecule has 4 heteroatoms. The Hall–Kier alpha value is -1.84. The van der Waals surface area contributed by atoms with E-state index in [9.17, 15) is 4.79 Å². The predicted octanol–water partition coefficient (Wildman–Crippen LogP) is 3.03. The van der Waals surface area contributed by atoms with Gasteiger partial charge in [-0.3, -0.25) is 5.32 Å². The summed E-state index contributed by atoms with van der Waals surface area (Å²) in [5.41, 5.74) is 1.18. The zero-order chi connectivity index (χ0) is 13.8. The molecular weight excluding hydrogens is 226 g/mol. The molecule has 1 N–H and O–H groups in total. The Morgan fingerprint density at radius 2 is 2.22 bits per heavy atom. The molecule has 0 aliphatic carbocycles. The van der Waals surface area contributed by atoms with E-state index in [1.807, 2.05) is 12.1 Å². The lowest BCUT2D eigenvalue weighted by atomic mass is 9.88. The summed E-state index contributed by atoms with van der Waals surface area (Å²) in [6.45, 7) is 10.5. The van der Waals surface area contributed by atoms with Gasteiger partial charge in [0.25, 0.3) is 0 Å². The highest BCUT2D eigenvalue weighted by molar-refractivity contribution is 5.88. The number of amides is 2. The number of anilines is 1. The van der Waals surface area contributed by atoms with E-state index in [0.717, 1.165) is 5.56 Å². The Kier molecular flexibility index (Phi) is 4.48. The lowest BCUT2D eigenvalue weighted by molar-refractivity contribution is 0.226. The summed E-state index contributed by atoms with van der Waals surface area (Å²) in [7, 11) is 1.71. The van der Waals surface area contributed by atoms with Crippen molar-refractivity contribution in [2.45, 2.75) is 26.2 Å². The molecule has 1 heterocycles. The van der Waals surface area contributed by atoms with Gasteiger partial charge in [-0.2, -0.15) is 0 Å². The molecule has 0 bridgehead atoms. The fourth-order valence-electron chi connectivity index (χ4n) is 1.45. The Bertz CT molecular complexity index is 435. The molecule has 0 saturated heterocycles. The first-order valence-corrected chi connectivity index (χ1v) is 5.94. The monoisotopic (exact) mass is 247 g/mol. The van der Waals surface area contributed by atoms with Gasteiger partial charge in [0.15, 0.2) is 0 Å². The first-order valence-electron chi connectivity index (χ1n) is 5.94. The number of urea groups is 1. The van der Waals surface area contributed by atoms with Crippen LogP contribution in [0, 0.1) is 0 Å². The third kappa shape index (κ3) is 3.87. The average molecular weight is 247 g/mol. The number of hydrogen-bond acceptors (Lipinski definition) is 2. The summed E-state index contributed by atoms with van der Waals surface area (Å²) in [4.78, 5) is 17.5. The van der Waals surface area contributed by atoms with Crippen LogP contribution >= 0.6 is 0 Å². The third-order valence-corrected chi connectivity index (χ3v) is 2.61. The normalized spacial score (nSPS) is 10.9. The number of aromatic nitrogens is 1. The van der Waals surface area contributed by atoms with Crippen molar-refractivity contribution < 1.29 is 4.79 Å². The summed E-state index contributed by atoms with van der Waals surface area (Å²) < 4.78 is 0. The number of likely N-dealkylation sites (N-methyl/N-ethyl adjacent to an activating group) is 1. The van der Waals surface area contributed by atoms with Crippen LogP contribution in [0.5, 0.6) is 0 Å². The molecule has 18 heavy (non-hydrogen) atoms. The molecule has 0 fully saturated rings. The van der Waals surface area contributed by atoms with Crippen LogP contribution in [0.25, 0.3) is 0 Å². The number of pyridine rings is 1. The number of nitrogens with zero attached hydrogens (tertiary/aromatic N) is 2. The van der Waals surface area contributed by atoms with Crippen molar-refractivity contribution in [1.82, 2.24) is 9.88 Å². The minimum atomic E-state index is -0.187. The Labute approximate surface area is 109 Å². The predicted molar refractivity (Wildman–Crippen MR) is 74.8 cm³/mol. The maximum Gasteiger partial charge on any atom is 0.323 e. The zero-order valence-electron chi connectivity index (χ0n) is 11.5. The molecule has 0 saturated carbocycles. The number of carbonyl (C=O) groups excluding carboxylic acids is 1. The van der Waals surface area contributed by atoms with Gasteiger partial charge in [-0.1, -0.05) is 26.8 Å². The number of rotatable bonds is 3. The molecule has 1 aromatic heterocycles. The lowest BCUT2D eigenvalue weighted by Crippen LogP contribution is -2.31. The molecule has 0 atom stereocenters. The van der Waals surface area contributed by atoms with Gasteiger partial charge >= 0.3 is 6.03 Å². The van der Waals surface area contributed by atoms with Gasteiger partial charge in [0, 0.05) is 19.8 Å². The maximum absolute atomic E-state index is 11.8. The van der Waals surface area contributed by atoms with Crippen molar-refractivity contribution in [3.05, 3.63) is 36.5 Å². The molecule has 98 valence electrons. The van der Waals surface area contributed by atoms with Crippen molar-refractivity contribution in [3.63, 3.8) is 0 Å². The van der Waals surface area contributed by atoms with E-state index in [-0.39, 0.29) is 11.4 Å². The summed E-state index contributed by atoms with van der Waals surface area (Å²) in [6, 6.07) is 3.68. The second kappa shape index (κ2) is 5.67. The molecule has 2 amide bonds.